The van der Waals surface area contributed by atoms with Gasteiger partial charge in [-0.1, -0.05) is 31.7 Å². The maximum atomic E-state index is 13.0. The summed E-state index contributed by atoms with van der Waals surface area (Å²) in [5.41, 5.74) is -0.990. The molecule has 1 aromatic rings. The highest BCUT2D eigenvalue weighted by atomic mass is 32.2. The van der Waals surface area contributed by atoms with Crippen molar-refractivity contribution in [2.75, 3.05) is 26.2 Å². The maximum absolute atomic E-state index is 13.0. The van der Waals surface area contributed by atoms with Crippen LogP contribution in [0.4, 0.5) is 13.2 Å². The zero-order valence-electron chi connectivity index (χ0n) is 17.7. The van der Waals surface area contributed by atoms with E-state index >= 15 is 0 Å². The highest BCUT2D eigenvalue weighted by Crippen LogP contribution is 2.31. The minimum absolute atomic E-state index is 0.0546. The second kappa shape index (κ2) is 9.87. The molecular weight excluding hydrogens is 431 g/mol. The van der Waals surface area contributed by atoms with Gasteiger partial charge in [0.2, 0.25) is 15.9 Å². The molecule has 1 aromatic carbocycles. The van der Waals surface area contributed by atoms with Crippen LogP contribution < -0.4 is 5.32 Å². The second-order valence-electron chi connectivity index (χ2n) is 8.34. The van der Waals surface area contributed by atoms with Crippen molar-refractivity contribution in [2.45, 2.75) is 68.6 Å². The van der Waals surface area contributed by atoms with Gasteiger partial charge in [0.15, 0.2) is 0 Å². The Kier molecular flexibility index (Phi) is 7.64. The fraction of sp³-hybridized carbons (Fsp3) is 0.667. The van der Waals surface area contributed by atoms with E-state index in [4.69, 9.17) is 0 Å². The van der Waals surface area contributed by atoms with Gasteiger partial charge in [-0.15, -0.1) is 0 Å². The maximum Gasteiger partial charge on any atom is 0.416 e. The van der Waals surface area contributed by atoms with Crippen LogP contribution in [0.25, 0.3) is 0 Å². The summed E-state index contributed by atoms with van der Waals surface area (Å²) in [5, 5.41) is 3.12. The summed E-state index contributed by atoms with van der Waals surface area (Å²) >= 11 is 0. The number of piperazine rings is 1. The molecule has 174 valence electrons. The van der Waals surface area contributed by atoms with Crippen molar-refractivity contribution < 1.29 is 26.4 Å². The molecule has 0 bridgehead atoms. The first-order chi connectivity index (χ1) is 14.6. The van der Waals surface area contributed by atoms with Crippen molar-refractivity contribution in [3.63, 3.8) is 0 Å². The number of amides is 1. The third-order valence-corrected chi connectivity index (χ3v) is 8.10. The van der Waals surface area contributed by atoms with E-state index in [1.165, 1.54) is 23.2 Å². The smallest absolute Gasteiger partial charge is 0.352 e. The van der Waals surface area contributed by atoms with Crippen LogP contribution in [-0.2, 0) is 21.0 Å². The van der Waals surface area contributed by atoms with Crippen molar-refractivity contribution in [1.82, 2.24) is 14.5 Å². The lowest BCUT2D eigenvalue weighted by Gasteiger charge is -2.37. The van der Waals surface area contributed by atoms with Gasteiger partial charge in [-0.2, -0.15) is 17.5 Å². The highest BCUT2D eigenvalue weighted by molar-refractivity contribution is 7.89. The van der Waals surface area contributed by atoms with Crippen molar-refractivity contribution in [1.29, 1.82) is 0 Å². The molecule has 1 aliphatic carbocycles. The molecular formula is C21H30F3N3O3S. The Hall–Kier alpha value is -1.65. The Morgan fingerprint density at radius 3 is 2.26 bits per heavy atom. The Labute approximate surface area is 181 Å². The third-order valence-electron chi connectivity index (χ3n) is 6.20. The molecule has 1 saturated carbocycles. The number of alkyl halides is 3. The Morgan fingerprint density at radius 1 is 1.06 bits per heavy atom. The molecule has 6 nitrogen and oxygen atoms in total. The number of nitrogens with zero attached hydrogens (tertiary/aromatic N) is 2. The van der Waals surface area contributed by atoms with Crippen LogP contribution in [0.5, 0.6) is 0 Å². The van der Waals surface area contributed by atoms with E-state index in [-0.39, 0.29) is 36.0 Å². The lowest BCUT2D eigenvalue weighted by molar-refractivity contribution is -0.137. The number of hydrogen-bond donors (Lipinski definition) is 1. The van der Waals surface area contributed by atoms with Gasteiger partial charge in [-0.05, 0) is 38.0 Å². The topological polar surface area (TPSA) is 69.7 Å². The van der Waals surface area contributed by atoms with Gasteiger partial charge in [0.05, 0.1) is 16.5 Å². The zero-order valence-corrected chi connectivity index (χ0v) is 18.5. The van der Waals surface area contributed by atoms with E-state index in [2.05, 4.69) is 5.32 Å². The predicted molar refractivity (Wildman–Crippen MR) is 111 cm³/mol. The summed E-state index contributed by atoms with van der Waals surface area (Å²) in [5.74, 6) is -0.0546. The van der Waals surface area contributed by atoms with Crippen molar-refractivity contribution in [3.8, 4) is 0 Å². The fourth-order valence-corrected chi connectivity index (χ4v) is 5.69. The molecule has 2 aliphatic rings. The van der Waals surface area contributed by atoms with Gasteiger partial charge in [0.25, 0.3) is 0 Å². The molecule has 1 saturated heterocycles. The van der Waals surface area contributed by atoms with Gasteiger partial charge in [-0.3, -0.25) is 9.69 Å². The van der Waals surface area contributed by atoms with Gasteiger partial charge in [0.1, 0.15) is 0 Å². The minimum Gasteiger partial charge on any atom is -0.352 e. The van der Waals surface area contributed by atoms with E-state index in [1.54, 1.807) is 0 Å². The number of halogens is 3. The number of benzene rings is 1. The first-order valence-corrected chi connectivity index (χ1v) is 12.2. The molecule has 1 N–H and O–H groups in total. The van der Waals surface area contributed by atoms with Crippen molar-refractivity contribution >= 4 is 15.9 Å². The molecule has 0 radical (unpaired) electrons. The molecule has 31 heavy (non-hydrogen) atoms. The number of carbonyl (C=O) groups excluding carboxylic acids is 1. The molecule has 1 amide bonds. The van der Waals surface area contributed by atoms with Crippen LogP contribution in [0.2, 0.25) is 0 Å². The van der Waals surface area contributed by atoms with Crippen LogP contribution in [0, 0.1) is 0 Å². The van der Waals surface area contributed by atoms with Gasteiger partial charge >= 0.3 is 6.18 Å². The van der Waals surface area contributed by atoms with E-state index in [1.807, 2.05) is 11.8 Å². The van der Waals surface area contributed by atoms with E-state index < -0.39 is 21.8 Å². The molecule has 1 atom stereocenters. The summed E-state index contributed by atoms with van der Waals surface area (Å²) in [6, 6.07) is 3.61. The Morgan fingerprint density at radius 2 is 1.68 bits per heavy atom. The van der Waals surface area contributed by atoms with Gasteiger partial charge in [-0.25, -0.2) is 8.42 Å². The second-order valence-corrected chi connectivity index (χ2v) is 10.3. The average Bonchev–Trinajstić information content (AvgIpc) is 3.01. The summed E-state index contributed by atoms with van der Waals surface area (Å²) in [7, 11) is -4.03. The van der Waals surface area contributed by atoms with Gasteiger partial charge < -0.3 is 5.32 Å². The highest BCUT2D eigenvalue weighted by Gasteiger charge is 2.35. The molecule has 1 heterocycles. The standard InChI is InChI=1S/C21H30F3N3O3S/c1-16(20(28)25-18-8-4-2-3-5-9-18)26-11-13-27(14-12-26)31(29,30)19-10-6-7-17(15-19)21(22,23)24/h6-7,10,15-16,18H,2-5,8-9,11-14H2,1H3,(H,25,28)/t16-/m1/s1. The van der Waals surface area contributed by atoms with Crippen LogP contribution in [0.1, 0.15) is 51.0 Å². The lowest BCUT2D eigenvalue weighted by atomic mass is 10.1. The molecule has 10 heteroatoms. The first kappa shape index (κ1) is 24.0. The van der Waals surface area contributed by atoms with E-state index in [0.717, 1.165) is 37.8 Å². The zero-order chi connectivity index (χ0) is 22.6. The minimum atomic E-state index is -4.61. The number of nitrogens with one attached hydrogen (secondary N) is 1. The van der Waals surface area contributed by atoms with Crippen LogP contribution >= 0.6 is 0 Å². The number of rotatable bonds is 5. The molecule has 1 aliphatic heterocycles. The predicted octanol–water partition coefficient (Wildman–Crippen LogP) is 3.24. The Bertz CT molecular complexity index is 860. The van der Waals surface area contributed by atoms with Crippen LogP contribution in [0.3, 0.4) is 0 Å². The molecule has 3 rings (SSSR count). The molecule has 0 aromatic heterocycles. The monoisotopic (exact) mass is 461 g/mol. The molecule has 2 fully saturated rings. The average molecular weight is 462 g/mol. The summed E-state index contributed by atoms with van der Waals surface area (Å²) in [4.78, 5) is 14.2. The quantitative estimate of drug-likeness (QED) is 0.684. The normalized spacial score (nSPS) is 21.4. The van der Waals surface area contributed by atoms with Crippen molar-refractivity contribution in [2.24, 2.45) is 0 Å². The first-order valence-electron chi connectivity index (χ1n) is 10.8. The third kappa shape index (κ3) is 5.98. The Balaban J connectivity index is 1.58. The van der Waals surface area contributed by atoms with E-state index in [0.29, 0.717) is 19.2 Å². The fourth-order valence-electron chi connectivity index (χ4n) is 4.22. The number of carbonyl (C=O) groups is 1. The number of sulfonamides is 1. The number of hydrogen-bond acceptors (Lipinski definition) is 4. The van der Waals surface area contributed by atoms with Crippen molar-refractivity contribution in [3.05, 3.63) is 29.8 Å². The summed E-state index contributed by atoms with van der Waals surface area (Å²) in [6.07, 6.45) is 2.00. The molecule has 0 unspecified atom stereocenters. The lowest BCUT2D eigenvalue weighted by Crippen LogP contribution is -2.55. The van der Waals surface area contributed by atoms with Gasteiger partial charge in [0, 0.05) is 32.2 Å². The summed E-state index contributed by atoms with van der Waals surface area (Å²) in [6.45, 7) is 2.75. The largest absolute Gasteiger partial charge is 0.416 e. The van der Waals surface area contributed by atoms with E-state index in [9.17, 15) is 26.4 Å². The SMILES string of the molecule is C[C@H](C(=O)NC1CCCCCC1)N1CCN(S(=O)(=O)c2cccc(C(F)(F)F)c2)CC1. The van der Waals surface area contributed by atoms with Crippen LogP contribution in [-0.4, -0.2) is 61.8 Å². The summed E-state index contributed by atoms with van der Waals surface area (Å²) < 4.78 is 65.7. The molecule has 0 spiro atoms. The van der Waals surface area contributed by atoms with Crippen LogP contribution in [0.15, 0.2) is 29.2 Å².